The Labute approximate surface area is 280 Å². The maximum Gasteiger partial charge on any atom is 0.269 e. The maximum atomic E-state index is 13.6. The van der Waals surface area contributed by atoms with Crippen LogP contribution in [-0.2, 0) is 38.6 Å². The quantitative estimate of drug-likeness (QED) is 0.132. The zero-order valence-electron chi connectivity index (χ0n) is 25.7. The molecule has 0 saturated carbocycles. The molecular weight excluding hydrogens is 681 g/mol. The average Bonchev–Trinajstić information content (AvgIpc) is 3.02. The summed E-state index contributed by atoms with van der Waals surface area (Å²) in [7, 11) is -11.5. The number of nitro benzene ring substituents is 1. The zero-order chi connectivity index (χ0) is 35.2. The molecule has 248 valence electrons. The van der Waals surface area contributed by atoms with E-state index in [2.05, 4.69) is 55.7 Å². The van der Waals surface area contributed by atoms with Gasteiger partial charge >= 0.3 is 0 Å². The zero-order valence-corrected chi connectivity index (χ0v) is 28.1. The molecule has 0 saturated heterocycles. The summed E-state index contributed by atoms with van der Waals surface area (Å²) < 4.78 is 82.2. The fourth-order valence-corrected chi connectivity index (χ4v) is 5.56. The van der Waals surface area contributed by atoms with E-state index < -0.39 is 35.2 Å². The Balaban J connectivity index is 1.86. The van der Waals surface area contributed by atoms with Crippen LogP contribution in [0.4, 0.5) is 5.69 Å². The molecule has 0 unspecified atom stereocenters. The molecule has 15 heteroatoms. The van der Waals surface area contributed by atoms with Crippen molar-refractivity contribution in [1.82, 2.24) is 4.31 Å². The summed E-state index contributed by atoms with van der Waals surface area (Å²) in [4.78, 5) is 10.3. The van der Waals surface area contributed by atoms with Crippen LogP contribution in [0.5, 0.6) is 0 Å². The predicted octanol–water partition coefficient (Wildman–Crippen LogP) is 2.73. The minimum atomic E-state index is -4.17. The van der Waals surface area contributed by atoms with E-state index in [0.717, 1.165) is 41.1 Å². The number of nitrogens with zero attached hydrogens (tertiary/aromatic N) is 2. The molecule has 3 rings (SSSR count). The van der Waals surface area contributed by atoms with E-state index in [1.807, 2.05) is 0 Å². The Hall–Kier alpha value is -4.97. The van der Waals surface area contributed by atoms with Crippen molar-refractivity contribution < 1.29 is 38.5 Å². The lowest BCUT2D eigenvalue weighted by Gasteiger charge is -2.18. The second-order valence-electron chi connectivity index (χ2n) is 9.57. The van der Waals surface area contributed by atoms with Crippen molar-refractivity contribution in [3.05, 3.63) is 105 Å². The fraction of sp³-hybridized carbons (Fsp3) is 0.212. The molecule has 0 atom stereocenters. The van der Waals surface area contributed by atoms with Gasteiger partial charge in [0, 0.05) is 47.4 Å². The maximum absolute atomic E-state index is 13.6. The smallest absolute Gasteiger partial charge is 0.258 e. The van der Waals surface area contributed by atoms with Crippen molar-refractivity contribution in [2.24, 2.45) is 0 Å². The molecule has 3 aromatic rings. The molecule has 0 aliphatic rings. The third-order valence-electron chi connectivity index (χ3n) is 5.86. The van der Waals surface area contributed by atoms with Gasteiger partial charge in [0.15, 0.2) is 0 Å². The van der Waals surface area contributed by atoms with Crippen LogP contribution < -0.4 is 0 Å². The Morgan fingerprint density at radius 1 is 0.646 bits per heavy atom. The minimum absolute atomic E-state index is 0.0786. The second kappa shape index (κ2) is 17.3. The lowest BCUT2D eigenvalue weighted by molar-refractivity contribution is -0.384. The lowest BCUT2D eigenvalue weighted by atomic mass is 10.1. The van der Waals surface area contributed by atoms with Crippen LogP contribution in [0.1, 0.15) is 28.7 Å². The van der Waals surface area contributed by atoms with E-state index in [0.29, 0.717) is 22.3 Å². The number of sulfonamides is 1. The van der Waals surface area contributed by atoms with E-state index in [1.165, 1.54) is 0 Å². The van der Waals surface area contributed by atoms with Gasteiger partial charge in [-0.2, -0.15) is 21.1 Å². The first-order chi connectivity index (χ1) is 22.7. The van der Waals surface area contributed by atoms with Gasteiger partial charge in [-0.1, -0.05) is 71.6 Å². The molecule has 0 N–H and O–H groups in total. The summed E-state index contributed by atoms with van der Waals surface area (Å²) in [5.74, 6) is 22.4. The first-order valence-electron chi connectivity index (χ1n) is 13.7. The average molecular weight is 709 g/mol. The molecule has 0 fully saturated rings. The van der Waals surface area contributed by atoms with Crippen molar-refractivity contribution in [1.29, 1.82) is 0 Å². The molecule has 0 aromatic heterocycles. The van der Waals surface area contributed by atoms with Crippen LogP contribution in [0, 0.1) is 57.5 Å². The Morgan fingerprint density at radius 2 is 1.06 bits per heavy atom. The lowest BCUT2D eigenvalue weighted by Crippen LogP contribution is -2.32. The molecule has 0 bridgehead atoms. The first kappa shape index (κ1) is 37.5. The highest BCUT2D eigenvalue weighted by Crippen LogP contribution is 2.20. The van der Waals surface area contributed by atoms with Crippen molar-refractivity contribution in [3.8, 4) is 47.4 Å². The Bertz CT molecular complexity index is 2240. The van der Waals surface area contributed by atoms with Gasteiger partial charge in [-0.15, -0.1) is 0 Å². The van der Waals surface area contributed by atoms with E-state index in [9.17, 15) is 35.4 Å². The van der Waals surface area contributed by atoms with Gasteiger partial charge in [-0.25, -0.2) is 8.42 Å². The first-order valence-corrected chi connectivity index (χ1v) is 18.8. The molecule has 0 aliphatic heterocycles. The summed E-state index contributed by atoms with van der Waals surface area (Å²) in [6, 6.07) is 18.1. The highest BCUT2D eigenvalue weighted by Gasteiger charge is 2.24. The monoisotopic (exact) mass is 708 g/mol. The van der Waals surface area contributed by atoms with Crippen molar-refractivity contribution in [3.63, 3.8) is 0 Å². The largest absolute Gasteiger partial charge is 0.269 e. The summed E-state index contributed by atoms with van der Waals surface area (Å²) in [6.45, 7) is -1.02. The van der Waals surface area contributed by atoms with E-state index >= 15 is 0 Å². The highest BCUT2D eigenvalue weighted by atomic mass is 32.2. The highest BCUT2D eigenvalue weighted by molar-refractivity contribution is 7.89. The summed E-state index contributed by atoms with van der Waals surface area (Å²) in [5, 5.41) is 11.1. The predicted molar refractivity (Wildman–Crippen MR) is 178 cm³/mol. The van der Waals surface area contributed by atoms with Gasteiger partial charge < -0.3 is 0 Å². The van der Waals surface area contributed by atoms with Gasteiger partial charge in [0.2, 0.25) is 10.0 Å². The summed E-state index contributed by atoms with van der Waals surface area (Å²) in [6.07, 6.45) is 1.91. The Morgan fingerprint density at radius 3 is 1.48 bits per heavy atom. The fourth-order valence-electron chi connectivity index (χ4n) is 3.67. The SMILES string of the molecule is CS(=O)(=O)OCC#Cc1ccccc1C#CCCN(CC#Cc1ccccc1C#CCOS(C)(=O)=O)S(=O)(=O)c1ccc([N+](=O)[O-])cc1. The van der Waals surface area contributed by atoms with Crippen LogP contribution in [0.3, 0.4) is 0 Å². The number of benzene rings is 3. The standard InChI is InChI=1S/C33H28N2O10S3/c1-46(38,39)44-26-10-18-30-14-5-3-12-28(30)16-7-8-24-34(48(42,43)33-22-20-32(21-23-33)35(36)37)25-9-17-29-13-4-6-15-31(29)19-11-27-45-47(2,40)41/h3-6,12-15,20-23H,8,24-27H2,1-2H3. The van der Waals surface area contributed by atoms with Gasteiger partial charge in [-0.05, 0) is 36.4 Å². The van der Waals surface area contributed by atoms with Gasteiger partial charge in [0.05, 0.1) is 28.9 Å². The third-order valence-corrected chi connectivity index (χ3v) is 8.82. The van der Waals surface area contributed by atoms with Gasteiger partial charge in [-0.3, -0.25) is 18.5 Å². The van der Waals surface area contributed by atoms with E-state index in [1.54, 1.807) is 48.5 Å². The normalized spacial score (nSPS) is 11.1. The third kappa shape index (κ3) is 12.7. The summed E-state index contributed by atoms with van der Waals surface area (Å²) in [5.41, 5.74) is 1.73. The Kier molecular flexibility index (Phi) is 13.5. The number of non-ortho nitro benzene ring substituents is 1. The van der Waals surface area contributed by atoms with Crippen molar-refractivity contribution >= 4 is 35.9 Å². The van der Waals surface area contributed by atoms with E-state index in [4.69, 9.17) is 0 Å². The molecule has 48 heavy (non-hydrogen) atoms. The van der Waals surface area contributed by atoms with Crippen LogP contribution in [0.25, 0.3) is 0 Å². The van der Waals surface area contributed by atoms with Gasteiger partial charge in [0.25, 0.3) is 25.9 Å². The van der Waals surface area contributed by atoms with E-state index in [-0.39, 0.29) is 43.3 Å². The molecule has 0 radical (unpaired) electrons. The number of rotatable bonds is 10. The van der Waals surface area contributed by atoms with Crippen molar-refractivity contribution in [2.75, 3.05) is 38.8 Å². The minimum Gasteiger partial charge on any atom is -0.258 e. The van der Waals surface area contributed by atoms with Crippen molar-refractivity contribution in [2.45, 2.75) is 11.3 Å². The molecule has 0 aliphatic carbocycles. The van der Waals surface area contributed by atoms with Crippen LogP contribution in [-0.4, -0.2) is 73.3 Å². The summed E-state index contributed by atoms with van der Waals surface area (Å²) >= 11 is 0. The molecule has 0 amide bonds. The molecule has 3 aromatic carbocycles. The molecule has 0 spiro atoms. The second-order valence-corrected chi connectivity index (χ2v) is 14.8. The van der Waals surface area contributed by atoms with Crippen LogP contribution in [0.2, 0.25) is 0 Å². The molecule has 0 heterocycles. The van der Waals surface area contributed by atoms with Gasteiger partial charge in [0.1, 0.15) is 13.2 Å². The topological polar surface area (TPSA) is 167 Å². The molecule has 12 nitrogen and oxygen atoms in total. The van der Waals surface area contributed by atoms with Crippen LogP contribution >= 0.6 is 0 Å². The molecular formula is C33H28N2O10S3. The number of hydrogen-bond donors (Lipinski definition) is 0. The number of nitro groups is 1. The van der Waals surface area contributed by atoms with Crippen LogP contribution in [0.15, 0.2) is 77.7 Å². The number of hydrogen-bond acceptors (Lipinski definition) is 10.